The third-order valence-corrected chi connectivity index (χ3v) is 3.85. The van der Waals surface area contributed by atoms with E-state index in [4.69, 9.17) is 4.74 Å². The molecule has 142 valence electrons. The fourth-order valence-corrected chi connectivity index (χ4v) is 2.35. The molecule has 0 fully saturated rings. The Hall–Kier alpha value is -3.35. The van der Waals surface area contributed by atoms with Crippen molar-refractivity contribution in [3.8, 4) is 11.5 Å². The van der Waals surface area contributed by atoms with Gasteiger partial charge < -0.3 is 15.2 Å². The summed E-state index contributed by atoms with van der Waals surface area (Å²) in [5.74, 6) is -0.169. The van der Waals surface area contributed by atoms with E-state index in [1.165, 1.54) is 12.3 Å². The highest BCUT2D eigenvalue weighted by Gasteiger charge is 2.24. The number of hydrogen-bond donors (Lipinski definition) is 3. The first-order valence-electron chi connectivity index (χ1n) is 8.47. The monoisotopic (exact) mass is 369 g/mol. The van der Waals surface area contributed by atoms with Crippen molar-refractivity contribution < 1.29 is 19.4 Å². The van der Waals surface area contributed by atoms with Crippen LogP contribution in [0.1, 0.15) is 29.8 Å². The highest BCUT2D eigenvalue weighted by molar-refractivity contribution is 5.97. The number of phenols is 1. The van der Waals surface area contributed by atoms with Crippen LogP contribution in [-0.2, 0) is 4.79 Å². The summed E-state index contributed by atoms with van der Waals surface area (Å²) in [6.07, 6.45) is 1.42. The smallest absolute Gasteiger partial charge is 0.262 e. The maximum atomic E-state index is 12.4. The molecule has 0 heterocycles. The van der Waals surface area contributed by atoms with Gasteiger partial charge in [0.2, 0.25) is 0 Å². The molecular weight excluding hydrogens is 346 g/mol. The maximum Gasteiger partial charge on any atom is 0.262 e. The Morgan fingerprint density at radius 1 is 1.15 bits per heavy atom. The number of hydrogen-bond acceptors (Lipinski definition) is 5. The molecule has 7 nitrogen and oxygen atoms in total. The molecule has 0 aromatic heterocycles. The number of benzene rings is 2. The lowest BCUT2D eigenvalue weighted by Gasteiger charge is -2.20. The minimum Gasteiger partial charge on any atom is -0.508 e. The average molecular weight is 369 g/mol. The second kappa shape index (κ2) is 9.38. The fourth-order valence-electron chi connectivity index (χ4n) is 2.35. The van der Waals surface area contributed by atoms with Crippen LogP contribution in [0.2, 0.25) is 0 Å². The number of carbonyl (C=O) groups excluding carboxylic acids is 2. The number of nitrogens with one attached hydrogen (secondary N) is 2. The lowest BCUT2D eigenvalue weighted by atomic mass is 10.0. The van der Waals surface area contributed by atoms with Crippen molar-refractivity contribution in [3.63, 3.8) is 0 Å². The molecule has 3 N–H and O–H groups in total. The first kappa shape index (κ1) is 20.0. The highest BCUT2D eigenvalue weighted by Crippen LogP contribution is 2.12. The predicted molar refractivity (Wildman–Crippen MR) is 103 cm³/mol. The van der Waals surface area contributed by atoms with Gasteiger partial charge in [0.05, 0.1) is 13.3 Å². The van der Waals surface area contributed by atoms with E-state index in [0.717, 1.165) is 0 Å². The third-order valence-electron chi connectivity index (χ3n) is 3.85. The van der Waals surface area contributed by atoms with Crippen molar-refractivity contribution in [3.05, 3.63) is 59.7 Å². The van der Waals surface area contributed by atoms with E-state index >= 15 is 0 Å². The van der Waals surface area contributed by atoms with Gasteiger partial charge in [-0.3, -0.25) is 9.59 Å². The normalized spacial score (nSPS) is 12.0. The molecule has 0 aliphatic heterocycles. The number of rotatable bonds is 7. The highest BCUT2D eigenvalue weighted by atomic mass is 16.5. The molecule has 0 radical (unpaired) electrons. The first-order valence-corrected chi connectivity index (χ1v) is 8.47. The van der Waals surface area contributed by atoms with Gasteiger partial charge >= 0.3 is 0 Å². The summed E-state index contributed by atoms with van der Waals surface area (Å²) in [5, 5.41) is 16.0. The maximum absolute atomic E-state index is 12.4. The van der Waals surface area contributed by atoms with Gasteiger partial charge in [-0.25, -0.2) is 5.43 Å². The van der Waals surface area contributed by atoms with Crippen LogP contribution in [0.25, 0.3) is 0 Å². The van der Waals surface area contributed by atoms with E-state index in [9.17, 15) is 14.7 Å². The molecule has 1 unspecified atom stereocenters. The van der Waals surface area contributed by atoms with Crippen molar-refractivity contribution in [1.29, 1.82) is 0 Å². The van der Waals surface area contributed by atoms with Crippen LogP contribution in [0.4, 0.5) is 0 Å². The third kappa shape index (κ3) is 5.85. The van der Waals surface area contributed by atoms with Crippen molar-refractivity contribution in [2.24, 2.45) is 11.0 Å². The molecule has 0 aliphatic carbocycles. The van der Waals surface area contributed by atoms with Crippen LogP contribution in [0.5, 0.6) is 11.5 Å². The molecule has 2 rings (SSSR count). The summed E-state index contributed by atoms with van der Waals surface area (Å²) in [6, 6.07) is 12.3. The lowest BCUT2D eigenvalue weighted by molar-refractivity contribution is -0.123. The second-order valence-corrected chi connectivity index (χ2v) is 6.25. The van der Waals surface area contributed by atoms with Gasteiger partial charge in [-0.15, -0.1) is 0 Å². The molecule has 0 spiro atoms. The van der Waals surface area contributed by atoms with E-state index in [1.54, 1.807) is 49.6 Å². The minimum atomic E-state index is -0.749. The minimum absolute atomic E-state index is 0.108. The Labute approximate surface area is 158 Å². The number of methoxy groups -OCH3 is 1. The Bertz CT molecular complexity index is 816. The Balaban J connectivity index is 2.00. The summed E-state index contributed by atoms with van der Waals surface area (Å²) in [7, 11) is 1.55. The van der Waals surface area contributed by atoms with Crippen LogP contribution in [0, 0.1) is 5.92 Å². The molecule has 1 atom stereocenters. The van der Waals surface area contributed by atoms with Gasteiger partial charge in [0.1, 0.15) is 17.5 Å². The molecule has 2 amide bonds. The summed E-state index contributed by atoms with van der Waals surface area (Å²) in [6.45, 7) is 3.66. The van der Waals surface area contributed by atoms with Crippen LogP contribution in [0.15, 0.2) is 53.6 Å². The van der Waals surface area contributed by atoms with Crippen LogP contribution >= 0.6 is 0 Å². The molecule has 0 aliphatic rings. The molecule has 0 saturated carbocycles. The van der Waals surface area contributed by atoms with Gasteiger partial charge in [-0.05, 0) is 47.9 Å². The van der Waals surface area contributed by atoms with Gasteiger partial charge in [-0.2, -0.15) is 5.10 Å². The van der Waals surface area contributed by atoms with Gasteiger partial charge in [0.15, 0.2) is 0 Å². The number of amides is 2. The molecule has 2 aromatic carbocycles. The van der Waals surface area contributed by atoms with Gasteiger partial charge in [0.25, 0.3) is 11.8 Å². The quantitative estimate of drug-likeness (QED) is 0.515. The predicted octanol–water partition coefficient (Wildman–Crippen LogP) is 2.31. The molecular formula is C20H23N3O4. The Morgan fingerprint density at radius 3 is 2.44 bits per heavy atom. The average Bonchev–Trinajstić information content (AvgIpc) is 2.65. The van der Waals surface area contributed by atoms with Crippen LogP contribution in [0.3, 0.4) is 0 Å². The largest absolute Gasteiger partial charge is 0.508 e. The summed E-state index contributed by atoms with van der Waals surface area (Å²) < 4.78 is 5.07. The molecule has 0 bridgehead atoms. The topological polar surface area (TPSA) is 100 Å². The van der Waals surface area contributed by atoms with Crippen molar-refractivity contribution in [1.82, 2.24) is 10.7 Å². The zero-order valence-corrected chi connectivity index (χ0v) is 15.5. The van der Waals surface area contributed by atoms with Gasteiger partial charge in [0, 0.05) is 5.56 Å². The Morgan fingerprint density at radius 2 is 1.85 bits per heavy atom. The molecule has 7 heteroatoms. The second-order valence-electron chi connectivity index (χ2n) is 6.25. The summed E-state index contributed by atoms with van der Waals surface area (Å²) in [4.78, 5) is 24.8. The van der Waals surface area contributed by atoms with E-state index in [-0.39, 0.29) is 17.6 Å². The number of phenolic OH excluding ortho intramolecular Hbond substituents is 1. The zero-order chi connectivity index (χ0) is 19.8. The van der Waals surface area contributed by atoms with Crippen molar-refractivity contribution >= 4 is 18.0 Å². The van der Waals surface area contributed by atoms with E-state index in [0.29, 0.717) is 16.9 Å². The zero-order valence-electron chi connectivity index (χ0n) is 15.5. The lowest BCUT2D eigenvalue weighted by Crippen LogP contribution is -2.48. The number of hydrazone groups is 1. The number of carbonyl (C=O) groups is 2. The SMILES string of the molecule is COc1ccc(C(=O)NC(C(=O)NN=Cc2cccc(O)c2)C(C)C)cc1. The molecule has 0 saturated heterocycles. The Kier molecular flexibility index (Phi) is 6.93. The van der Waals surface area contributed by atoms with Gasteiger partial charge in [-0.1, -0.05) is 26.0 Å². The van der Waals surface area contributed by atoms with E-state index in [2.05, 4.69) is 15.8 Å². The summed E-state index contributed by atoms with van der Waals surface area (Å²) in [5.41, 5.74) is 3.49. The van der Waals surface area contributed by atoms with Crippen LogP contribution in [-0.4, -0.2) is 36.3 Å². The van der Waals surface area contributed by atoms with E-state index in [1.807, 2.05) is 13.8 Å². The standard InChI is InChI=1S/C20H23N3O4/c1-13(2)18(22-19(25)15-7-9-17(27-3)10-8-15)20(26)23-21-12-14-5-4-6-16(24)11-14/h4-13,18,24H,1-3H3,(H,22,25)(H,23,26). The number of aromatic hydroxyl groups is 1. The first-order chi connectivity index (χ1) is 12.9. The van der Waals surface area contributed by atoms with Crippen molar-refractivity contribution in [2.75, 3.05) is 7.11 Å². The molecule has 27 heavy (non-hydrogen) atoms. The fraction of sp³-hybridized carbons (Fsp3) is 0.250. The summed E-state index contributed by atoms with van der Waals surface area (Å²) >= 11 is 0. The van der Waals surface area contributed by atoms with E-state index < -0.39 is 11.9 Å². The number of ether oxygens (including phenoxy) is 1. The molecule has 2 aromatic rings. The van der Waals surface area contributed by atoms with Crippen LogP contribution < -0.4 is 15.5 Å². The van der Waals surface area contributed by atoms with Crippen molar-refractivity contribution in [2.45, 2.75) is 19.9 Å². The number of nitrogens with zero attached hydrogens (tertiary/aromatic N) is 1.